The summed E-state index contributed by atoms with van der Waals surface area (Å²) in [6, 6.07) is 11.4. The second-order valence-corrected chi connectivity index (χ2v) is 6.97. The molecule has 2 heterocycles. The molecule has 1 aromatic carbocycles. The van der Waals surface area contributed by atoms with Gasteiger partial charge in [-0.2, -0.15) is 0 Å². The van der Waals surface area contributed by atoms with Gasteiger partial charge in [-0.25, -0.2) is 4.98 Å². The molecule has 2 atom stereocenters. The first-order chi connectivity index (χ1) is 12.1. The van der Waals surface area contributed by atoms with Crippen LogP contribution >= 0.6 is 11.6 Å². The lowest BCUT2D eigenvalue weighted by Gasteiger charge is -2.47. The highest BCUT2D eigenvalue weighted by Crippen LogP contribution is 2.53. The molecule has 0 radical (unpaired) electrons. The Hall–Kier alpha value is -2.35. The molecule has 126 valence electrons. The molecule has 1 aliphatic heterocycles. The third kappa shape index (κ3) is 2.70. The number of benzene rings is 1. The lowest BCUT2D eigenvalue weighted by atomic mass is 9.80. The van der Waals surface area contributed by atoms with Crippen LogP contribution in [-0.2, 0) is 10.3 Å². The van der Waals surface area contributed by atoms with Crippen LogP contribution in [0.3, 0.4) is 0 Å². The Morgan fingerprint density at radius 1 is 1.36 bits per heavy atom. The molecule has 5 heteroatoms. The average molecular weight is 352 g/mol. The maximum atomic E-state index is 11.7. The van der Waals surface area contributed by atoms with Crippen LogP contribution in [0.4, 0.5) is 5.69 Å². The Bertz CT molecular complexity index is 870. The van der Waals surface area contributed by atoms with Crippen LogP contribution in [0, 0.1) is 17.8 Å². The number of nitrogens with one attached hydrogen (secondary N) is 1. The highest BCUT2D eigenvalue weighted by Gasteiger charge is 2.53. The lowest BCUT2D eigenvalue weighted by Crippen LogP contribution is -2.57. The summed E-state index contributed by atoms with van der Waals surface area (Å²) in [7, 11) is 1.95. The van der Waals surface area contributed by atoms with Crippen LogP contribution in [0.15, 0.2) is 42.6 Å². The molecule has 1 fully saturated rings. The molecule has 0 bridgehead atoms. The van der Waals surface area contributed by atoms with Gasteiger partial charge in [-0.05, 0) is 62.1 Å². The van der Waals surface area contributed by atoms with Crippen molar-refractivity contribution in [2.24, 2.45) is 5.92 Å². The molecule has 2 unspecified atom stereocenters. The Balaban J connectivity index is 1.92. The van der Waals surface area contributed by atoms with E-state index in [4.69, 9.17) is 11.6 Å². The molecule has 0 saturated heterocycles. The van der Waals surface area contributed by atoms with Crippen LogP contribution in [0.2, 0.25) is 5.02 Å². The van der Waals surface area contributed by atoms with Crippen molar-refractivity contribution < 1.29 is 4.79 Å². The molecule has 25 heavy (non-hydrogen) atoms. The maximum absolute atomic E-state index is 11.7. The number of carbonyl (C=O) groups is 1. The summed E-state index contributed by atoms with van der Waals surface area (Å²) < 4.78 is 0. The van der Waals surface area contributed by atoms with E-state index in [0.717, 1.165) is 36.1 Å². The van der Waals surface area contributed by atoms with Crippen molar-refractivity contribution in [2.75, 3.05) is 12.4 Å². The molecule has 4 rings (SSSR count). The fourth-order valence-electron chi connectivity index (χ4n) is 3.61. The molecular weight excluding hydrogens is 334 g/mol. The summed E-state index contributed by atoms with van der Waals surface area (Å²) in [6.45, 7) is 0. The van der Waals surface area contributed by atoms with E-state index in [9.17, 15) is 4.79 Å². The van der Waals surface area contributed by atoms with Crippen molar-refractivity contribution in [2.45, 2.75) is 24.5 Å². The number of hydrogen-bond donors (Lipinski definition) is 1. The van der Waals surface area contributed by atoms with E-state index in [1.807, 2.05) is 48.3 Å². The molecule has 1 aliphatic carbocycles. The van der Waals surface area contributed by atoms with Crippen LogP contribution in [0.5, 0.6) is 0 Å². The van der Waals surface area contributed by atoms with Crippen molar-refractivity contribution in [1.29, 1.82) is 0 Å². The molecule has 1 N–H and O–H groups in total. The average Bonchev–Trinajstić information content (AvgIpc) is 3.47. The first-order valence-corrected chi connectivity index (χ1v) is 8.72. The second kappa shape index (κ2) is 6.18. The summed E-state index contributed by atoms with van der Waals surface area (Å²) in [5, 5.41) is 3.94. The number of likely N-dealkylation sites (N-methyl/N-ethyl adjacent to an activating group) is 1. The number of carbonyl (C=O) groups excluding carboxylic acids is 1. The molecule has 1 saturated carbocycles. The first-order valence-electron chi connectivity index (χ1n) is 8.34. The topological polar surface area (TPSA) is 45.2 Å². The maximum Gasteiger partial charge on any atom is 0.157 e. The number of aromatic nitrogens is 1. The Morgan fingerprint density at radius 2 is 2.20 bits per heavy atom. The van der Waals surface area contributed by atoms with Gasteiger partial charge in [0, 0.05) is 22.5 Å². The van der Waals surface area contributed by atoms with E-state index < -0.39 is 11.7 Å². The fraction of sp³-hybridized carbons (Fsp3) is 0.300. The second-order valence-electron chi connectivity index (χ2n) is 6.53. The van der Waals surface area contributed by atoms with Crippen molar-refractivity contribution in [3.8, 4) is 11.8 Å². The lowest BCUT2D eigenvalue weighted by molar-refractivity contribution is -0.113. The molecule has 1 aromatic heterocycles. The molecule has 4 nitrogen and oxygen atoms in total. The number of aldehydes is 1. The van der Waals surface area contributed by atoms with Crippen LogP contribution in [-0.4, -0.2) is 29.4 Å². The summed E-state index contributed by atoms with van der Waals surface area (Å²) in [6.07, 6.45) is 4.40. The van der Waals surface area contributed by atoms with E-state index in [2.05, 4.69) is 22.1 Å². The molecular formula is C20H18ClN3O. The highest BCUT2D eigenvalue weighted by molar-refractivity contribution is 6.30. The zero-order chi connectivity index (χ0) is 17.4. The van der Waals surface area contributed by atoms with Gasteiger partial charge < -0.3 is 5.32 Å². The predicted molar refractivity (Wildman–Crippen MR) is 98.2 cm³/mol. The van der Waals surface area contributed by atoms with E-state index in [1.165, 1.54) is 0 Å². The first kappa shape index (κ1) is 16.1. The number of pyridine rings is 1. The number of nitrogens with zero attached hydrogens (tertiary/aromatic N) is 2. The minimum Gasteiger partial charge on any atom is -0.363 e. The largest absolute Gasteiger partial charge is 0.363 e. The zero-order valence-corrected chi connectivity index (χ0v) is 14.6. The van der Waals surface area contributed by atoms with Gasteiger partial charge >= 0.3 is 0 Å². The minimum absolute atomic E-state index is 0.371. The minimum atomic E-state index is -0.547. The molecule has 2 aliphatic rings. The van der Waals surface area contributed by atoms with Crippen molar-refractivity contribution in [3.63, 3.8) is 0 Å². The third-order valence-corrected chi connectivity index (χ3v) is 5.25. The van der Waals surface area contributed by atoms with E-state index in [0.29, 0.717) is 10.9 Å². The number of halogens is 1. The van der Waals surface area contributed by atoms with Crippen LogP contribution < -0.4 is 5.32 Å². The van der Waals surface area contributed by atoms with Gasteiger partial charge in [0.2, 0.25) is 0 Å². The van der Waals surface area contributed by atoms with E-state index in [-0.39, 0.29) is 0 Å². The Labute approximate surface area is 152 Å². The van der Waals surface area contributed by atoms with Crippen molar-refractivity contribution >= 4 is 23.6 Å². The highest BCUT2D eigenvalue weighted by atomic mass is 35.5. The van der Waals surface area contributed by atoms with Gasteiger partial charge in [0.05, 0.1) is 0 Å². The Kier molecular flexibility index (Phi) is 3.99. The fourth-order valence-corrected chi connectivity index (χ4v) is 3.78. The van der Waals surface area contributed by atoms with Gasteiger partial charge in [0.1, 0.15) is 17.4 Å². The molecule has 0 amide bonds. The smallest absolute Gasteiger partial charge is 0.157 e. The van der Waals surface area contributed by atoms with Crippen molar-refractivity contribution in [3.05, 3.63) is 58.9 Å². The number of anilines is 1. The van der Waals surface area contributed by atoms with Gasteiger partial charge in [0.25, 0.3) is 0 Å². The molecule has 2 aromatic rings. The Morgan fingerprint density at radius 3 is 2.88 bits per heavy atom. The molecule has 0 spiro atoms. The summed E-state index contributed by atoms with van der Waals surface area (Å²) >= 11 is 6.29. The number of hydrogen-bond acceptors (Lipinski definition) is 4. The summed E-state index contributed by atoms with van der Waals surface area (Å²) in [4.78, 5) is 18.0. The van der Waals surface area contributed by atoms with Gasteiger partial charge in [-0.15, -0.1) is 0 Å². The third-order valence-electron chi connectivity index (χ3n) is 5.01. The van der Waals surface area contributed by atoms with Gasteiger partial charge in [-0.1, -0.05) is 23.6 Å². The summed E-state index contributed by atoms with van der Waals surface area (Å²) in [5.74, 6) is 7.06. The standard InChI is InChI=1S/C20H18ClN3O/c1-24-19(13-25)23-18-8-7-15(21)12-17(18)20(24,14-5-6-14)10-9-16-4-2-3-11-22-16/h2-4,7-8,11-14,19,23H,5-6H2,1H3. The van der Waals surface area contributed by atoms with E-state index >= 15 is 0 Å². The number of rotatable bonds is 2. The van der Waals surface area contributed by atoms with Gasteiger partial charge in [-0.3, -0.25) is 9.69 Å². The zero-order valence-electron chi connectivity index (χ0n) is 13.9. The van der Waals surface area contributed by atoms with Crippen molar-refractivity contribution in [1.82, 2.24) is 9.88 Å². The van der Waals surface area contributed by atoms with Gasteiger partial charge in [0.15, 0.2) is 6.29 Å². The summed E-state index contributed by atoms with van der Waals surface area (Å²) in [5.41, 5.74) is 2.13. The number of fused-ring (bicyclic) bond motifs is 1. The monoisotopic (exact) mass is 351 g/mol. The normalized spacial score (nSPS) is 25.3. The van der Waals surface area contributed by atoms with Crippen LogP contribution in [0.1, 0.15) is 24.1 Å². The predicted octanol–water partition coefficient (Wildman–Crippen LogP) is 3.27. The van der Waals surface area contributed by atoms with Crippen LogP contribution in [0.25, 0.3) is 0 Å². The SMILES string of the molecule is CN1C(C=O)Nc2ccc(Cl)cc2C1(C#Cc1ccccn1)C1CC1. The quantitative estimate of drug-likeness (QED) is 0.666. The van der Waals surface area contributed by atoms with E-state index in [1.54, 1.807) is 6.20 Å².